The van der Waals surface area contributed by atoms with Crippen LogP contribution in [0.1, 0.15) is 22.7 Å². The van der Waals surface area contributed by atoms with Crippen LogP contribution in [0.5, 0.6) is 5.75 Å². The first-order valence-corrected chi connectivity index (χ1v) is 11.1. The van der Waals surface area contributed by atoms with Crippen LogP contribution in [0.3, 0.4) is 0 Å². The van der Waals surface area contributed by atoms with Gasteiger partial charge >= 0.3 is 29.6 Å². The summed E-state index contributed by atoms with van der Waals surface area (Å²) in [6.45, 7) is 1.93. The summed E-state index contributed by atoms with van der Waals surface area (Å²) in [5.74, 6) is -1.25. The normalized spacial score (nSPS) is 11.5. The molecule has 5 nitrogen and oxygen atoms in total. The second-order valence-corrected chi connectivity index (χ2v) is 8.56. The summed E-state index contributed by atoms with van der Waals surface area (Å²) in [5.41, 5.74) is 4.64. The van der Waals surface area contributed by atoms with E-state index >= 15 is 0 Å². The number of carbonyl (C=O) groups excluding carboxylic acids is 1. The molecule has 0 N–H and O–H groups in total. The molecule has 168 valence electrons. The zero-order valence-electron chi connectivity index (χ0n) is 19.1. The standard InChI is InChI=1S/C26H22Cl2N2O3.Na/c1-16-4-3-5-17(12-16)22(26(31)32)14-19-15-25(18-6-11-23(27)24(28)13-18)30(29-19)20-7-9-21(33-2)10-8-20;/h3-13,15,22H,14H2,1-2H3,(H,31,32);/q;+1/p-1. The zero-order chi connectivity index (χ0) is 23.5. The summed E-state index contributed by atoms with van der Waals surface area (Å²) in [6.07, 6.45) is 0.184. The van der Waals surface area contributed by atoms with Crippen molar-refractivity contribution < 1.29 is 44.2 Å². The van der Waals surface area contributed by atoms with Gasteiger partial charge in [-0.25, -0.2) is 4.68 Å². The molecule has 0 aliphatic rings. The molecule has 1 atom stereocenters. The van der Waals surface area contributed by atoms with E-state index in [1.165, 1.54) is 0 Å². The monoisotopic (exact) mass is 502 g/mol. The summed E-state index contributed by atoms with van der Waals surface area (Å²) < 4.78 is 7.02. The van der Waals surface area contributed by atoms with Gasteiger partial charge in [-0.05, 0) is 55.0 Å². The Kier molecular flexibility index (Phi) is 8.85. The third kappa shape index (κ3) is 5.85. The minimum Gasteiger partial charge on any atom is -0.549 e. The van der Waals surface area contributed by atoms with Crippen LogP contribution in [0.4, 0.5) is 0 Å². The number of carboxylic acid groups (broad SMARTS) is 1. The van der Waals surface area contributed by atoms with Gasteiger partial charge in [0.2, 0.25) is 0 Å². The number of benzene rings is 3. The van der Waals surface area contributed by atoms with Crippen molar-refractivity contribution in [1.29, 1.82) is 0 Å². The van der Waals surface area contributed by atoms with Gasteiger partial charge < -0.3 is 14.6 Å². The Balaban J connectivity index is 0.00000324. The molecule has 0 radical (unpaired) electrons. The average molecular weight is 503 g/mol. The van der Waals surface area contributed by atoms with Crippen molar-refractivity contribution in [2.45, 2.75) is 19.3 Å². The predicted molar refractivity (Wildman–Crippen MR) is 128 cm³/mol. The van der Waals surface area contributed by atoms with Crippen LogP contribution in [-0.2, 0) is 11.2 Å². The molecule has 0 aliphatic heterocycles. The number of halogens is 2. The number of aryl methyl sites for hydroxylation is 1. The van der Waals surface area contributed by atoms with E-state index in [0.717, 1.165) is 28.3 Å². The maximum atomic E-state index is 12.0. The van der Waals surface area contributed by atoms with Crippen molar-refractivity contribution in [3.63, 3.8) is 0 Å². The van der Waals surface area contributed by atoms with Crippen LogP contribution in [-0.4, -0.2) is 22.9 Å². The fourth-order valence-electron chi connectivity index (χ4n) is 3.74. The maximum absolute atomic E-state index is 12.0. The van der Waals surface area contributed by atoms with Crippen LogP contribution < -0.4 is 39.4 Å². The Labute approximate surface area is 230 Å². The van der Waals surface area contributed by atoms with E-state index in [2.05, 4.69) is 0 Å². The van der Waals surface area contributed by atoms with Gasteiger partial charge in [0.05, 0.1) is 34.2 Å². The fraction of sp³-hybridized carbons (Fsp3) is 0.154. The van der Waals surface area contributed by atoms with E-state index in [9.17, 15) is 9.90 Å². The number of aliphatic carboxylic acids is 1. The molecule has 0 saturated carbocycles. The molecule has 0 spiro atoms. The number of carbonyl (C=O) groups is 1. The molecule has 1 aromatic heterocycles. The summed E-state index contributed by atoms with van der Waals surface area (Å²) in [4.78, 5) is 12.0. The molecule has 4 rings (SSSR count). The van der Waals surface area contributed by atoms with Crippen molar-refractivity contribution in [2.75, 3.05) is 7.11 Å². The molecule has 0 bridgehead atoms. The Morgan fingerprint density at radius 2 is 1.76 bits per heavy atom. The molecule has 3 aromatic carbocycles. The van der Waals surface area contributed by atoms with Gasteiger partial charge in [-0.1, -0.05) is 59.1 Å². The smallest absolute Gasteiger partial charge is 0.549 e. The van der Waals surface area contributed by atoms with Gasteiger partial charge in [0.15, 0.2) is 0 Å². The summed E-state index contributed by atoms with van der Waals surface area (Å²) in [7, 11) is 1.60. The molecular formula is C26H21Cl2N2NaO3. The van der Waals surface area contributed by atoms with Gasteiger partial charge in [-0.15, -0.1) is 0 Å². The van der Waals surface area contributed by atoms with Crippen LogP contribution in [0, 0.1) is 6.92 Å². The molecule has 1 unspecified atom stereocenters. The fourth-order valence-corrected chi connectivity index (χ4v) is 4.04. The van der Waals surface area contributed by atoms with Crippen LogP contribution in [0.15, 0.2) is 72.8 Å². The number of nitrogens with zero attached hydrogens (tertiary/aromatic N) is 2. The van der Waals surface area contributed by atoms with Crippen LogP contribution in [0.2, 0.25) is 10.0 Å². The third-order valence-electron chi connectivity index (χ3n) is 5.43. The maximum Gasteiger partial charge on any atom is 1.00 e. The number of ether oxygens (including phenoxy) is 1. The number of methoxy groups -OCH3 is 1. The molecular weight excluding hydrogens is 482 g/mol. The molecule has 0 amide bonds. The van der Waals surface area contributed by atoms with Gasteiger partial charge in [-0.2, -0.15) is 5.10 Å². The van der Waals surface area contributed by atoms with Crippen molar-refractivity contribution in [3.8, 4) is 22.7 Å². The molecule has 4 aromatic rings. The molecule has 0 fully saturated rings. The second-order valence-electron chi connectivity index (χ2n) is 7.75. The molecule has 1 heterocycles. The van der Waals surface area contributed by atoms with E-state index < -0.39 is 11.9 Å². The first kappa shape index (κ1) is 26.3. The van der Waals surface area contributed by atoms with Crippen LogP contribution >= 0.6 is 23.2 Å². The van der Waals surface area contributed by atoms with E-state index in [4.69, 9.17) is 33.0 Å². The van der Waals surface area contributed by atoms with Crippen molar-refractivity contribution in [3.05, 3.63) is 99.7 Å². The van der Waals surface area contributed by atoms with Crippen molar-refractivity contribution in [2.24, 2.45) is 0 Å². The summed E-state index contributed by atoms with van der Waals surface area (Å²) in [6, 6.07) is 22.1. The van der Waals surface area contributed by atoms with Gasteiger partial charge in [0.1, 0.15) is 5.75 Å². The molecule has 34 heavy (non-hydrogen) atoms. The number of aromatic nitrogens is 2. The zero-order valence-corrected chi connectivity index (χ0v) is 22.6. The minimum atomic E-state index is -1.14. The number of rotatable bonds is 7. The first-order chi connectivity index (χ1) is 15.9. The van der Waals surface area contributed by atoms with Crippen molar-refractivity contribution >= 4 is 29.2 Å². The van der Waals surface area contributed by atoms with E-state index in [1.54, 1.807) is 30.0 Å². The number of hydrogen-bond acceptors (Lipinski definition) is 4. The topological polar surface area (TPSA) is 67.2 Å². The van der Waals surface area contributed by atoms with Gasteiger partial charge in [-0.3, -0.25) is 0 Å². The predicted octanol–water partition coefficient (Wildman–Crippen LogP) is 2.24. The SMILES string of the molecule is COc1ccc(-n2nc(CC(C(=O)[O-])c3cccc(C)c3)cc2-c2ccc(Cl)c(Cl)c2)cc1.[Na+]. The Bertz CT molecular complexity index is 1310. The van der Waals surface area contributed by atoms with Crippen LogP contribution in [0.25, 0.3) is 16.9 Å². The minimum absolute atomic E-state index is 0. The number of carboxylic acids is 1. The van der Waals surface area contributed by atoms with Gasteiger partial charge in [0, 0.05) is 23.9 Å². The second kappa shape index (κ2) is 11.4. The first-order valence-electron chi connectivity index (χ1n) is 10.3. The number of hydrogen-bond donors (Lipinski definition) is 0. The van der Waals surface area contributed by atoms with Crippen molar-refractivity contribution in [1.82, 2.24) is 9.78 Å². The van der Waals surface area contributed by atoms with E-state index in [0.29, 0.717) is 21.3 Å². The van der Waals surface area contributed by atoms with E-state index in [-0.39, 0.29) is 36.0 Å². The molecule has 8 heteroatoms. The molecule has 0 saturated heterocycles. The summed E-state index contributed by atoms with van der Waals surface area (Å²) >= 11 is 12.4. The largest absolute Gasteiger partial charge is 1.00 e. The summed E-state index contributed by atoms with van der Waals surface area (Å²) in [5, 5.41) is 17.6. The Morgan fingerprint density at radius 1 is 1.03 bits per heavy atom. The Hall–Kier alpha value is -2.28. The third-order valence-corrected chi connectivity index (χ3v) is 6.17. The Morgan fingerprint density at radius 3 is 2.38 bits per heavy atom. The van der Waals surface area contributed by atoms with Gasteiger partial charge in [0.25, 0.3) is 0 Å². The quantitative estimate of drug-likeness (QED) is 0.363. The average Bonchev–Trinajstić information content (AvgIpc) is 3.23. The molecule has 0 aliphatic carbocycles. The van der Waals surface area contributed by atoms with E-state index in [1.807, 2.05) is 61.5 Å².